The first-order chi connectivity index (χ1) is 9.34. The molecule has 0 saturated heterocycles. The molecule has 0 bridgehead atoms. The Labute approximate surface area is 114 Å². The zero-order chi connectivity index (χ0) is 13.1. The minimum absolute atomic E-state index is 0.881. The van der Waals surface area contributed by atoms with E-state index in [1.54, 1.807) is 29.9 Å². The van der Waals surface area contributed by atoms with Gasteiger partial charge in [-0.05, 0) is 29.8 Å². The number of aromatic nitrogens is 2. The third-order valence-electron chi connectivity index (χ3n) is 2.77. The van der Waals surface area contributed by atoms with Gasteiger partial charge in [-0.2, -0.15) is 5.10 Å². The highest BCUT2D eigenvalue weighted by Gasteiger charge is 2.00. The average molecular weight is 268 g/mol. The van der Waals surface area contributed by atoms with Gasteiger partial charge >= 0.3 is 0 Å². The van der Waals surface area contributed by atoms with E-state index >= 15 is 0 Å². The maximum absolute atomic E-state index is 4.27. The number of nitrogens with zero attached hydrogens (tertiary/aromatic N) is 4. The van der Waals surface area contributed by atoms with Crippen molar-refractivity contribution in [3.8, 4) is 0 Å². The molecule has 0 aliphatic carbocycles. The zero-order valence-corrected chi connectivity index (χ0v) is 11.2. The van der Waals surface area contributed by atoms with Crippen LogP contribution in [-0.2, 0) is 7.05 Å². The van der Waals surface area contributed by atoms with Crippen LogP contribution < -0.4 is 4.80 Å². The Balaban J connectivity index is 1.98. The summed E-state index contributed by atoms with van der Waals surface area (Å²) in [6.45, 7) is 0. The monoisotopic (exact) mass is 268 g/mol. The van der Waals surface area contributed by atoms with Crippen LogP contribution >= 0.6 is 11.3 Å². The topological polar surface area (TPSA) is 42.5 Å². The molecule has 0 amide bonds. The fourth-order valence-electron chi connectivity index (χ4n) is 1.77. The van der Waals surface area contributed by atoms with Crippen LogP contribution in [0.3, 0.4) is 0 Å². The molecule has 0 fully saturated rings. The zero-order valence-electron chi connectivity index (χ0n) is 10.4. The summed E-state index contributed by atoms with van der Waals surface area (Å²) >= 11 is 1.63. The molecule has 0 aliphatic heterocycles. The van der Waals surface area contributed by atoms with Crippen LogP contribution in [0.15, 0.2) is 59.0 Å². The Morgan fingerprint density at radius 1 is 1.16 bits per heavy atom. The summed E-state index contributed by atoms with van der Waals surface area (Å²) < 4.78 is 3.26. The van der Waals surface area contributed by atoms with Crippen molar-refractivity contribution in [3.05, 3.63) is 59.2 Å². The summed E-state index contributed by atoms with van der Waals surface area (Å²) in [6.07, 6.45) is 5.20. The largest absolute Gasteiger partial charge is 0.318 e. The van der Waals surface area contributed by atoms with Crippen LogP contribution in [0.2, 0.25) is 0 Å². The van der Waals surface area contributed by atoms with E-state index in [9.17, 15) is 0 Å². The lowest BCUT2D eigenvalue weighted by molar-refractivity contribution is 0.889. The standard InChI is InChI=1S/C14H12N4S/c1-18-12-4-2-3-5-13(12)19-14(18)17-16-10-11-6-8-15-9-7-11/h2-10H,1H3. The fourth-order valence-corrected chi connectivity index (χ4v) is 2.75. The molecule has 1 aromatic carbocycles. The third-order valence-corrected chi connectivity index (χ3v) is 3.87. The van der Waals surface area contributed by atoms with Gasteiger partial charge in [0.2, 0.25) is 4.80 Å². The Bertz CT molecular complexity index is 784. The van der Waals surface area contributed by atoms with Crippen molar-refractivity contribution in [2.75, 3.05) is 0 Å². The number of hydrogen-bond donors (Lipinski definition) is 0. The summed E-state index contributed by atoms with van der Waals surface area (Å²) in [6, 6.07) is 12.0. The molecule has 0 aliphatic rings. The van der Waals surface area contributed by atoms with Crippen LogP contribution in [0.5, 0.6) is 0 Å². The SMILES string of the molecule is Cn1c(=NN=Cc2ccncc2)sc2ccccc21. The predicted molar refractivity (Wildman–Crippen MR) is 78.2 cm³/mol. The smallest absolute Gasteiger partial charge is 0.211 e. The highest BCUT2D eigenvalue weighted by Crippen LogP contribution is 2.14. The summed E-state index contributed by atoms with van der Waals surface area (Å²) in [7, 11) is 2.00. The summed E-state index contributed by atoms with van der Waals surface area (Å²) in [5.74, 6) is 0. The van der Waals surface area contributed by atoms with Crippen molar-refractivity contribution in [1.29, 1.82) is 0 Å². The first-order valence-electron chi connectivity index (χ1n) is 5.86. The molecular formula is C14H12N4S. The lowest BCUT2D eigenvalue weighted by Gasteiger charge is -1.92. The number of para-hydroxylation sites is 1. The lowest BCUT2D eigenvalue weighted by Crippen LogP contribution is -2.08. The summed E-state index contributed by atoms with van der Waals surface area (Å²) in [4.78, 5) is 4.84. The van der Waals surface area contributed by atoms with Crippen LogP contribution in [0.1, 0.15) is 5.56 Å². The van der Waals surface area contributed by atoms with Crippen molar-refractivity contribution in [3.63, 3.8) is 0 Å². The third kappa shape index (κ3) is 2.46. The lowest BCUT2D eigenvalue weighted by atomic mass is 10.3. The molecule has 0 atom stereocenters. The van der Waals surface area contributed by atoms with Gasteiger partial charge in [0.25, 0.3) is 0 Å². The Morgan fingerprint density at radius 2 is 1.95 bits per heavy atom. The molecule has 5 heteroatoms. The van der Waals surface area contributed by atoms with Gasteiger partial charge in [0.15, 0.2) is 0 Å². The molecule has 2 heterocycles. The maximum Gasteiger partial charge on any atom is 0.211 e. The van der Waals surface area contributed by atoms with Gasteiger partial charge in [0.05, 0.1) is 16.4 Å². The van der Waals surface area contributed by atoms with E-state index in [4.69, 9.17) is 0 Å². The van der Waals surface area contributed by atoms with Crippen LogP contribution in [-0.4, -0.2) is 15.8 Å². The minimum Gasteiger partial charge on any atom is -0.318 e. The number of thiazole rings is 1. The first kappa shape index (κ1) is 11.8. The number of fused-ring (bicyclic) bond motifs is 1. The Hall–Kier alpha value is -2.27. The van der Waals surface area contributed by atoms with Crippen molar-refractivity contribution < 1.29 is 0 Å². The van der Waals surface area contributed by atoms with E-state index in [1.807, 2.05) is 35.9 Å². The molecule has 0 spiro atoms. The second-order valence-corrected chi connectivity index (χ2v) is 5.05. The molecular weight excluding hydrogens is 256 g/mol. The normalized spacial score (nSPS) is 12.6. The molecule has 3 rings (SSSR count). The molecule has 94 valence electrons. The quantitative estimate of drug-likeness (QED) is 0.520. The van der Waals surface area contributed by atoms with E-state index in [-0.39, 0.29) is 0 Å². The molecule has 0 unspecified atom stereocenters. The predicted octanol–water partition coefficient (Wildman–Crippen LogP) is 2.57. The Morgan fingerprint density at radius 3 is 2.74 bits per heavy atom. The average Bonchev–Trinajstić information content (AvgIpc) is 2.78. The van der Waals surface area contributed by atoms with Crippen LogP contribution in [0.25, 0.3) is 10.2 Å². The van der Waals surface area contributed by atoms with E-state index in [0.717, 1.165) is 10.4 Å². The van der Waals surface area contributed by atoms with Crippen molar-refractivity contribution in [2.45, 2.75) is 0 Å². The van der Waals surface area contributed by atoms with Gasteiger partial charge in [0.1, 0.15) is 0 Å². The van der Waals surface area contributed by atoms with Gasteiger partial charge in [-0.3, -0.25) is 4.98 Å². The highest BCUT2D eigenvalue weighted by atomic mass is 32.1. The van der Waals surface area contributed by atoms with E-state index < -0.39 is 0 Å². The van der Waals surface area contributed by atoms with Crippen LogP contribution in [0.4, 0.5) is 0 Å². The van der Waals surface area contributed by atoms with Gasteiger partial charge in [-0.15, -0.1) is 5.10 Å². The number of pyridine rings is 1. The van der Waals surface area contributed by atoms with Crippen molar-refractivity contribution in [2.24, 2.45) is 17.3 Å². The molecule has 0 N–H and O–H groups in total. The van der Waals surface area contributed by atoms with Gasteiger partial charge in [-0.25, -0.2) is 0 Å². The maximum atomic E-state index is 4.27. The number of hydrogen-bond acceptors (Lipinski definition) is 4. The molecule has 0 radical (unpaired) electrons. The number of rotatable bonds is 2. The van der Waals surface area contributed by atoms with E-state index in [1.165, 1.54) is 10.2 Å². The Kier molecular flexibility index (Phi) is 3.20. The highest BCUT2D eigenvalue weighted by molar-refractivity contribution is 7.16. The van der Waals surface area contributed by atoms with Gasteiger partial charge < -0.3 is 4.57 Å². The van der Waals surface area contributed by atoms with Crippen molar-refractivity contribution in [1.82, 2.24) is 9.55 Å². The van der Waals surface area contributed by atoms with E-state index in [2.05, 4.69) is 27.3 Å². The summed E-state index contributed by atoms with van der Waals surface area (Å²) in [5, 5.41) is 8.40. The van der Waals surface area contributed by atoms with Gasteiger partial charge in [-0.1, -0.05) is 23.5 Å². The second kappa shape index (κ2) is 5.16. The van der Waals surface area contributed by atoms with Crippen molar-refractivity contribution >= 4 is 27.8 Å². The molecule has 19 heavy (non-hydrogen) atoms. The molecule has 4 nitrogen and oxygen atoms in total. The molecule has 0 saturated carbocycles. The fraction of sp³-hybridized carbons (Fsp3) is 0.0714. The first-order valence-corrected chi connectivity index (χ1v) is 6.68. The van der Waals surface area contributed by atoms with Gasteiger partial charge in [0, 0.05) is 19.4 Å². The number of benzene rings is 1. The minimum atomic E-state index is 0.881. The number of aryl methyl sites for hydroxylation is 1. The summed E-state index contributed by atoms with van der Waals surface area (Å²) in [5.41, 5.74) is 2.16. The molecule has 2 aromatic heterocycles. The molecule has 3 aromatic rings. The second-order valence-electron chi connectivity index (χ2n) is 4.04. The van der Waals surface area contributed by atoms with E-state index in [0.29, 0.717) is 0 Å². The van der Waals surface area contributed by atoms with Crippen LogP contribution in [0, 0.1) is 0 Å².